The Balaban J connectivity index is 2.38. The van der Waals surface area contributed by atoms with E-state index in [9.17, 15) is 10.1 Å². The monoisotopic (exact) mass is 325 g/mol. The Hall–Kier alpha value is -1.43. The van der Waals surface area contributed by atoms with E-state index in [2.05, 4.69) is 34.9 Å². The van der Waals surface area contributed by atoms with E-state index in [0.717, 1.165) is 22.8 Å². The second-order valence-electron chi connectivity index (χ2n) is 4.99. The second kappa shape index (κ2) is 5.69. The van der Waals surface area contributed by atoms with Crippen LogP contribution in [0.4, 0.5) is 5.69 Å². The first-order chi connectivity index (χ1) is 9.02. The molecule has 0 amide bonds. The van der Waals surface area contributed by atoms with Crippen LogP contribution in [0.5, 0.6) is 0 Å². The van der Waals surface area contributed by atoms with Gasteiger partial charge in [-0.05, 0) is 17.9 Å². The lowest BCUT2D eigenvalue weighted by atomic mass is 9.98. The number of halogens is 1. The second-order valence-corrected chi connectivity index (χ2v) is 5.63. The zero-order valence-electron chi connectivity index (χ0n) is 10.9. The summed E-state index contributed by atoms with van der Waals surface area (Å²) < 4.78 is 1.86. The van der Waals surface area contributed by atoms with Gasteiger partial charge in [0.05, 0.1) is 16.6 Å². The third-order valence-electron chi connectivity index (χ3n) is 3.39. The van der Waals surface area contributed by atoms with Crippen molar-refractivity contribution >= 4 is 32.5 Å². The van der Waals surface area contributed by atoms with E-state index < -0.39 is 0 Å². The van der Waals surface area contributed by atoms with Gasteiger partial charge >= 0.3 is 0 Å². The number of non-ortho nitro benzene ring substituents is 1. The van der Waals surface area contributed by atoms with E-state index in [0.29, 0.717) is 11.8 Å². The van der Waals surface area contributed by atoms with Crippen molar-refractivity contribution in [2.75, 3.05) is 5.33 Å². The fraction of sp³-hybridized carbons (Fsp3) is 0.462. The van der Waals surface area contributed by atoms with Gasteiger partial charge in [0, 0.05) is 29.4 Å². The highest BCUT2D eigenvalue weighted by molar-refractivity contribution is 9.09. The number of benzene rings is 1. The summed E-state index contributed by atoms with van der Waals surface area (Å²) in [6, 6.07) is 4.85. The molecule has 102 valence electrons. The minimum absolute atomic E-state index is 0.106. The highest BCUT2D eigenvalue weighted by atomic mass is 79.9. The molecule has 0 aliphatic carbocycles. The average Bonchev–Trinajstić information content (AvgIpc) is 2.77. The molecule has 2 aromatic rings. The SMILES string of the molecule is CC(C)C(CBr)Cn1ncc2ccc([N+](=O)[O-])cc21. The van der Waals surface area contributed by atoms with Gasteiger partial charge in [-0.1, -0.05) is 29.8 Å². The van der Waals surface area contributed by atoms with Crippen molar-refractivity contribution in [2.24, 2.45) is 11.8 Å². The van der Waals surface area contributed by atoms with Crippen LogP contribution >= 0.6 is 15.9 Å². The smallest absolute Gasteiger partial charge is 0.264 e. The molecule has 0 spiro atoms. The summed E-state index contributed by atoms with van der Waals surface area (Å²) in [6.45, 7) is 5.09. The van der Waals surface area contributed by atoms with Crippen molar-refractivity contribution in [3.8, 4) is 0 Å². The number of alkyl halides is 1. The largest absolute Gasteiger partial charge is 0.271 e. The molecule has 0 N–H and O–H groups in total. The first-order valence-corrected chi connectivity index (χ1v) is 7.31. The van der Waals surface area contributed by atoms with Gasteiger partial charge in [0.2, 0.25) is 0 Å². The van der Waals surface area contributed by atoms with Crippen LogP contribution in [-0.4, -0.2) is 20.0 Å². The lowest BCUT2D eigenvalue weighted by Gasteiger charge is -2.18. The van der Waals surface area contributed by atoms with Gasteiger partial charge in [-0.3, -0.25) is 14.8 Å². The normalized spacial score (nSPS) is 13.1. The third kappa shape index (κ3) is 2.94. The van der Waals surface area contributed by atoms with Crippen LogP contribution in [0.15, 0.2) is 24.4 Å². The summed E-state index contributed by atoms with van der Waals surface area (Å²) in [5.41, 5.74) is 0.926. The molecule has 0 aliphatic rings. The molecule has 5 nitrogen and oxygen atoms in total. The van der Waals surface area contributed by atoms with Crippen LogP contribution in [0.3, 0.4) is 0 Å². The standard InChI is InChI=1S/C13H16BrN3O2/c1-9(2)11(6-14)8-16-13-5-12(17(18)19)4-3-10(13)7-15-16/h3-5,7,9,11H,6,8H2,1-2H3. The molecule has 1 aromatic heterocycles. The molecule has 1 unspecified atom stereocenters. The molecule has 0 saturated carbocycles. The molecule has 0 bridgehead atoms. The molecule has 6 heteroatoms. The summed E-state index contributed by atoms with van der Waals surface area (Å²) in [5.74, 6) is 0.972. The van der Waals surface area contributed by atoms with Crippen LogP contribution in [0.2, 0.25) is 0 Å². The number of hydrogen-bond donors (Lipinski definition) is 0. The molecule has 1 aromatic carbocycles. The predicted molar refractivity (Wildman–Crippen MR) is 78.5 cm³/mol. The quantitative estimate of drug-likeness (QED) is 0.479. The van der Waals surface area contributed by atoms with E-state index in [1.807, 2.05) is 4.68 Å². The first-order valence-electron chi connectivity index (χ1n) is 6.19. The number of fused-ring (bicyclic) bond motifs is 1. The number of rotatable bonds is 5. The van der Waals surface area contributed by atoms with E-state index >= 15 is 0 Å². The first kappa shape index (κ1) is 14.0. The van der Waals surface area contributed by atoms with Crippen molar-refractivity contribution in [1.29, 1.82) is 0 Å². The van der Waals surface area contributed by atoms with Crippen LogP contribution in [-0.2, 0) is 6.54 Å². The molecule has 0 radical (unpaired) electrons. The average molecular weight is 326 g/mol. The molecule has 2 rings (SSSR count). The molecular formula is C13H16BrN3O2. The lowest BCUT2D eigenvalue weighted by Crippen LogP contribution is -2.18. The molecule has 19 heavy (non-hydrogen) atoms. The number of nitrogens with zero attached hydrogens (tertiary/aromatic N) is 3. The van der Waals surface area contributed by atoms with Crippen LogP contribution in [0.25, 0.3) is 10.9 Å². The minimum atomic E-state index is -0.374. The van der Waals surface area contributed by atoms with E-state index in [1.54, 1.807) is 18.3 Å². The Morgan fingerprint density at radius 1 is 1.47 bits per heavy atom. The topological polar surface area (TPSA) is 61.0 Å². The molecule has 1 heterocycles. The summed E-state index contributed by atoms with van der Waals surface area (Å²) in [6.07, 6.45) is 1.75. The molecular weight excluding hydrogens is 310 g/mol. The predicted octanol–water partition coefficient (Wildman–Crippen LogP) is 3.61. The molecule has 0 saturated heterocycles. The Kier molecular flexibility index (Phi) is 4.19. The number of nitro benzene ring substituents is 1. The van der Waals surface area contributed by atoms with Crippen molar-refractivity contribution in [3.05, 3.63) is 34.5 Å². The van der Waals surface area contributed by atoms with Crippen molar-refractivity contribution in [2.45, 2.75) is 20.4 Å². The lowest BCUT2D eigenvalue weighted by molar-refractivity contribution is -0.384. The Morgan fingerprint density at radius 2 is 2.21 bits per heavy atom. The fourth-order valence-electron chi connectivity index (χ4n) is 1.98. The zero-order chi connectivity index (χ0) is 14.0. The maximum atomic E-state index is 10.8. The van der Waals surface area contributed by atoms with Gasteiger partial charge in [-0.15, -0.1) is 0 Å². The Morgan fingerprint density at radius 3 is 2.79 bits per heavy atom. The Labute approximate surface area is 119 Å². The highest BCUT2D eigenvalue weighted by Crippen LogP contribution is 2.23. The Bertz CT molecular complexity index is 595. The van der Waals surface area contributed by atoms with Gasteiger partial charge in [0.25, 0.3) is 5.69 Å². The van der Waals surface area contributed by atoms with Gasteiger partial charge in [-0.25, -0.2) is 0 Å². The minimum Gasteiger partial charge on any atom is -0.264 e. The van der Waals surface area contributed by atoms with Crippen LogP contribution < -0.4 is 0 Å². The van der Waals surface area contributed by atoms with E-state index in [-0.39, 0.29) is 10.6 Å². The summed E-state index contributed by atoms with van der Waals surface area (Å²) in [7, 11) is 0. The van der Waals surface area contributed by atoms with Crippen molar-refractivity contribution in [1.82, 2.24) is 9.78 Å². The van der Waals surface area contributed by atoms with E-state index in [4.69, 9.17) is 0 Å². The number of hydrogen-bond acceptors (Lipinski definition) is 3. The summed E-state index contributed by atoms with van der Waals surface area (Å²) in [5, 5.41) is 17.0. The van der Waals surface area contributed by atoms with Crippen molar-refractivity contribution in [3.63, 3.8) is 0 Å². The maximum absolute atomic E-state index is 10.8. The third-order valence-corrected chi connectivity index (χ3v) is 4.22. The molecule has 0 fully saturated rings. The van der Waals surface area contributed by atoms with Crippen LogP contribution in [0.1, 0.15) is 13.8 Å². The highest BCUT2D eigenvalue weighted by Gasteiger charge is 2.16. The molecule has 0 aliphatic heterocycles. The van der Waals surface area contributed by atoms with Gasteiger partial charge in [-0.2, -0.15) is 5.10 Å². The van der Waals surface area contributed by atoms with Crippen molar-refractivity contribution < 1.29 is 4.92 Å². The van der Waals surface area contributed by atoms with Gasteiger partial charge in [0.15, 0.2) is 0 Å². The number of aromatic nitrogens is 2. The summed E-state index contributed by atoms with van der Waals surface area (Å²) >= 11 is 3.51. The summed E-state index contributed by atoms with van der Waals surface area (Å²) in [4.78, 5) is 10.5. The molecule has 1 atom stereocenters. The van der Waals surface area contributed by atoms with Crippen LogP contribution in [0, 0.1) is 22.0 Å². The zero-order valence-corrected chi connectivity index (χ0v) is 12.5. The maximum Gasteiger partial charge on any atom is 0.271 e. The van der Waals surface area contributed by atoms with E-state index in [1.165, 1.54) is 6.07 Å². The number of nitro groups is 1. The van der Waals surface area contributed by atoms with Gasteiger partial charge in [0.1, 0.15) is 0 Å². The van der Waals surface area contributed by atoms with Gasteiger partial charge < -0.3 is 0 Å². The fourth-order valence-corrected chi connectivity index (χ4v) is 2.93.